The van der Waals surface area contributed by atoms with Crippen molar-refractivity contribution in [3.8, 4) is 0 Å². The van der Waals surface area contributed by atoms with Crippen molar-refractivity contribution >= 4 is 53.2 Å². The van der Waals surface area contributed by atoms with Crippen LogP contribution in [0, 0.1) is 6.92 Å². The maximum atomic E-state index is 12.2. The molecule has 0 unspecified atom stereocenters. The van der Waals surface area contributed by atoms with E-state index in [9.17, 15) is 8.42 Å². The summed E-state index contributed by atoms with van der Waals surface area (Å²) in [6.45, 7) is 2.25. The molecular weight excluding hydrogens is 428 g/mol. The fourth-order valence-electron chi connectivity index (χ4n) is 1.58. The highest BCUT2D eigenvalue weighted by Crippen LogP contribution is 2.25. The van der Waals surface area contributed by atoms with Crippen LogP contribution in [0.2, 0.25) is 0 Å². The smallest absolute Gasteiger partial charge is 0.241 e. The Morgan fingerprint density at radius 1 is 1.35 bits per heavy atom. The van der Waals surface area contributed by atoms with Crippen LogP contribution in [-0.2, 0) is 16.4 Å². The van der Waals surface area contributed by atoms with Crippen molar-refractivity contribution in [1.82, 2.24) is 9.71 Å². The first kappa shape index (κ1) is 16.1. The van der Waals surface area contributed by atoms with Crippen molar-refractivity contribution in [3.05, 3.63) is 43.2 Å². The summed E-state index contributed by atoms with van der Waals surface area (Å²) in [5.41, 5.74) is 0.962. The number of sulfonamides is 1. The number of benzene rings is 1. The van der Waals surface area contributed by atoms with Gasteiger partial charge >= 0.3 is 0 Å². The lowest BCUT2D eigenvalue weighted by Crippen LogP contribution is -2.26. The first-order chi connectivity index (χ1) is 9.38. The van der Waals surface area contributed by atoms with Gasteiger partial charge < -0.3 is 0 Å². The Balaban J connectivity index is 2.04. The summed E-state index contributed by atoms with van der Waals surface area (Å²) in [5, 5.41) is 2.88. The minimum Gasteiger partial charge on any atom is -0.247 e. The zero-order valence-corrected chi connectivity index (χ0v) is 15.4. The monoisotopic (exact) mass is 438 g/mol. The molecule has 0 amide bonds. The van der Waals surface area contributed by atoms with Crippen molar-refractivity contribution in [3.63, 3.8) is 0 Å². The van der Waals surface area contributed by atoms with Gasteiger partial charge in [-0.1, -0.05) is 15.9 Å². The summed E-state index contributed by atoms with van der Waals surface area (Å²) >= 11 is 8.10. The molecule has 1 aromatic carbocycles. The molecule has 0 fully saturated rings. The predicted octanol–water partition coefficient (Wildman–Crippen LogP) is 3.50. The summed E-state index contributed by atoms with van der Waals surface area (Å²) in [5.74, 6) is 0. The molecule has 1 aromatic heterocycles. The van der Waals surface area contributed by atoms with Crippen LogP contribution in [0.25, 0.3) is 0 Å². The molecular formula is C12H12Br2N2O2S2. The Kier molecular flexibility index (Phi) is 5.36. The Hall–Kier alpha value is -0.280. The topological polar surface area (TPSA) is 59.1 Å². The average molecular weight is 440 g/mol. The molecule has 4 nitrogen and oxygen atoms in total. The second-order valence-corrected chi connectivity index (χ2v) is 8.55. The summed E-state index contributed by atoms with van der Waals surface area (Å²) in [6.07, 6.45) is 0.589. The molecule has 0 spiro atoms. The van der Waals surface area contributed by atoms with Crippen LogP contribution in [0.4, 0.5) is 0 Å². The fourth-order valence-corrected chi connectivity index (χ4v) is 5.13. The highest BCUT2D eigenvalue weighted by Gasteiger charge is 2.17. The van der Waals surface area contributed by atoms with Gasteiger partial charge in [0.25, 0.3) is 0 Å². The number of nitrogens with zero attached hydrogens (tertiary/aromatic N) is 1. The van der Waals surface area contributed by atoms with Crippen LogP contribution in [0.3, 0.4) is 0 Å². The highest BCUT2D eigenvalue weighted by molar-refractivity contribution is 9.11. The molecule has 0 saturated carbocycles. The van der Waals surface area contributed by atoms with Gasteiger partial charge in [-0.2, -0.15) is 0 Å². The van der Waals surface area contributed by atoms with Gasteiger partial charge in [-0.3, -0.25) is 0 Å². The molecule has 1 heterocycles. The van der Waals surface area contributed by atoms with Gasteiger partial charge in [0, 0.05) is 33.0 Å². The van der Waals surface area contributed by atoms with Gasteiger partial charge in [0.15, 0.2) is 0 Å². The van der Waals surface area contributed by atoms with Crippen molar-refractivity contribution in [1.29, 1.82) is 0 Å². The van der Waals surface area contributed by atoms with Gasteiger partial charge in [0.2, 0.25) is 10.0 Å². The molecule has 0 bridgehead atoms. The average Bonchev–Trinajstić information content (AvgIpc) is 2.74. The van der Waals surface area contributed by atoms with Crippen LogP contribution in [0.15, 0.2) is 37.4 Å². The van der Waals surface area contributed by atoms with Crippen LogP contribution in [0.1, 0.15) is 10.7 Å². The lowest BCUT2D eigenvalue weighted by atomic mass is 10.4. The standard InChI is InChI=1S/C12H12Br2N2O2S2/c1-8-7-19-12(16-8)4-5-15-20(17,18)11-3-2-9(13)6-10(11)14/h2-3,6-7,15H,4-5H2,1H3. The molecule has 0 aliphatic rings. The van der Waals surface area contributed by atoms with E-state index in [2.05, 4.69) is 41.6 Å². The number of rotatable bonds is 5. The van der Waals surface area contributed by atoms with E-state index in [1.54, 1.807) is 18.2 Å². The van der Waals surface area contributed by atoms with E-state index in [1.807, 2.05) is 12.3 Å². The van der Waals surface area contributed by atoms with E-state index in [0.29, 0.717) is 17.4 Å². The Bertz CT molecular complexity index is 714. The van der Waals surface area contributed by atoms with Gasteiger partial charge in [-0.25, -0.2) is 18.1 Å². The molecule has 0 aliphatic carbocycles. The molecule has 2 aromatic rings. The minimum absolute atomic E-state index is 0.232. The maximum absolute atomic E-state index is 12.2. The number of hydrogen-bond acceptors (Lipinski definition) is 4. The number of aryl methyl sites for hydroxylation is 1. The van der Waals surface area contributed by atoms with E-state index < -0.39 is 10.0 Å². The molecule has 8 heteroatoms. The molecule has 0 aliphatic heterocycles. The number of aromatic nitrogens is 1. The first-order valence-corrected chi connectivity index (χ1v) is 9.69. The normalized spacial score (nSPS) is 11.8. The molecule has 1 N–H and O–H groups in total. The van der Waals surface area contributed by atoms with Crippen molar-refractivity contribution in [2.45, 2.75) is 18.2 Å². The SMILES string of the molecule is Cc1csc(CCNS(=O)(=O)c2ccc(Br)cc2Br)n1. The summed E-state index contributed by atoms with van der Waals surface area (Å²) in [4.78, 5) is 4.53. The highest BCUT2D eigenvalue weighted by atomic mass is 79.9. The zero-order chi connectivity index (χ0) is 14.8. The third-order valence-corrected chi connectivity index (χ3v) is 6.44. The van der Waals surface area contributed by atoms with E-state index in [1.165, 1.54) is 11.3 Å². The van der Waals surface area contributed by atoms with Gasteiger partial charge in [-0.15, -0.1) is 11.3 Å². The number of thiazole rings is 1. The molecule has 0 atom stereocenters. The van der Waals surface area contributed by atoms with E-state index >= 15 is 0 Å². The predicted molar refractivity (Wildman–Crippen MR) is 87.6 cm³/mol. The molecule has 0 radical (unpaired) electrons. The minimum atomic E-state index is -3.51. The maximum Gasteiger partial charge on any atom is 0.241 e. The summed E-state index contributed by atoms with van der Waals surface area (Å²) in [7, 11) is -3.51. The number of halogens is 2. The van der Waals surface area contributed by atoms with E-state index in [4.69, 9.17) is 0 Å². The molecule has 20 heavy (non-hydrogen) atoms. The van der Waals surface area contributed by atoms with Crippen LogP contribution < -0.4 is 4.72 Å². The third kappa shape index (κ3) is 4.11. The molecule has 2 rings (SSSR count). The van der Waals surface area contributed by atoms with Crippen LogP contribution >= 0.6 is 43.2 Å². The van der Waals surface area contributed by atoms with Crippen LogP contribution in [0.5, 0.6) is 0 Å². The Morgan fingerprint density at radius 2 is 2.10 bits per heavy atom. The largest absolute Gasteiger partial charge is 0.247 e. The van der Waals surface area contributed by atoms with E-state index in [-0.39, 0.29) is 4.90 Å². The quantitative estimate of drug-likeness (QED) is 0.775. The molecule has 108 valence electrons. The second-order valence-electron chi connectivity index (χ2n) is 4.11. The zero-order valence-electron chi connectivity index (χ0n) is 10.6. The second kappa shape index (κ2) is 6.65. The fraction of sp³-hybridized carbons (Fsp3) is 0.250. The Morgan fingerprint density at radius 3 is 2.70 bits per heavy atom. The van der Waals surface area contributed by atoms with E-state index in [0.717, 1.165) is 15.2 Å². The van der Waals surface area contributed by atoms with Crippen molar-refractivity contribution < 1.29 is 8.42 Å². The molecule has 0 saturated heterocycles. The van der Waals surface area contributed by atoms with Gasteiger partial charge in [0.1, 0.15) is 0 Å². The van der Waals surface area contributed by atoms with Gasteiger partial charge in [-0.05, 0) is 41.1 Å². The lowest BCUT2D eigenvalue weighted by molar-refractivity contribution is 0.581. The van der Waals surface area contributed by atoms with Crippen LogP contribution in [-0.4, -0.2) is 19.9 Å². The van der Waals surface area contributed by atoms with Crippen molar-refractivity contribution in [2.24, 2.45) is 0 Å². The lowest BCUT2D eigenvalue weighted by Gasteiger charge is -2.08. The van der Waals surface area contributed by atoms with Gasteiger partial charge in [0.05, 0.1) is 9.90 Å². The third-order valence-electron chi connectivity index (χ3n) is 2.48. The Labute approximate surface area is 138 Å². The summed E-state index contributed by atoms with van der Waals surface area (Å²) in [6, 6.07) is 4.96. The number of hydrogen-bond donors (Lipinski definition) is 1. The summed E-state index contributed by atoms with van der Waals surface area (Å²) < 4.78 is 28.3. The van der Waals surface area contributed by atoms with Crippen molar-refractivity contribution in [2.75, 3.05) is 6.54 Å². The number of nitrogens with one attached hydrogen (secondary N) is 1. The first-order valence-electron chi connectivity index (χ1n) is 5.74.